The fourth-order valence-corrected chi connectivity index (χ4v) is 3.43. The Hall–Kier alpha value is -2.82. The molecule has 4 rings (SSSR count). The standard InChI is InChI=1S/C20H20N2O3/c23-19(18-13-14-5-1-2-6-17(14)20(24)25-18)21-15-7-9-16(10-8-15)22-11-3-4-12-22/h1-2,5-10,18H,3-4,11-13H2,(H,21,23)/t18-/m0/s1. The quantitative estimate of drug-likeness (QED) is 0.876. The van der Waals surface area contributed by atoms with Crippen molar-refractivity contribution >= 4 is 23.3 Å². The Labute approximate surface area is 146 Å². The molecule has 0 saturated carbocycles. The van der Waals surface area contributed by atoms with Crippen LogP contribution in [-0.4, -0.2) is 31.1 Å². The lowest BCUT2D eigenvalue weighted by Gasteiger charge is -2.24. The lowest BCUT2D eigenvalue weighted by Crippen LogP contribution is -2.37. The van der Waals surface area contributed by atoms with Crippen molar-refractivity contribution in [2.24, 2.45) is 0 Å². The minimum Gasteiger partial charge on any atom is -0.448 e. The van der Waals surface area contributed by atoms with Crippen LogP contribution in [0.3, 0.4) is 0 Å². The number of amides is 1. The minimum absolute atomic E-state index is 0.295. The van der Waals surface area contributed by atoms with E-state index in [-0.39, 0.29) is 5.91 Å². The van der Waals surface area contributed by atoms with Gasteiger partial charge in [-0.2, -0.15) is 0 Å². The zero-order valence-electron chi connectivity index (χ0n) is 13.9. The van der Waals surface area contributed by atoms with Crippen molar-refractivity contribution in [2.75, 3.05) is 23.3 Å². The predicted molar refractivity (Wildman–Crippen MR) is 95.9 cm³/mol. The molecule has 2 aliphatic rings. The maximum absolute atomic E-state index is 12.5. The first-order valence-corrected chi connectivity index (χ1v) is 8.65. The van der Waals surface area contributed by atoms with E-state index < -0.39 is 12.1 Å². The maximum Gasteiger partial charge on any atom is 0.339 e. The molecule has 25 heavy (non-hydrogen) atoms. The van der Waals surface area contributed by atoms with Crippen LogP contribution in [0, 0.1) is 0 Å². The van der Waals surface area contributed by atoms with Gasteiger partial charge >= 0.3 is 5.97 Å². The second kappa shape index (κ2) is 6.59. The summed E-state index contributed by atoms with van der Waals surface area (Å²) in [6.07, 6.45) is 2.07. The first-order chi connectivity index (χ1) is 12.2. The fraction of sp³-hybridized carbons (Fsp3) is 0.300. The summed E-state index contributed by atoms with van der Waals surface area (Å²) in [7, 11) is 0. The summed E-state index contributed by atoms with van der Waals surface area (Å²) in [5.74, 6) is -0.733. The van der Waals surface area contributed by atoms with E-state index in [1.165, 1.54) is 18.5 Å². The zero-order chi connectivity index (χ0) is 17.2. The molecule has 1 saturated heterocycles. The van der Waals surface area contributed by atoms with Gasteiger partial charge in [-0.1, -0.05) is 18.2 Å². The van der Waals surface area contributed by atoms with Crippen molar-refractivity contribution in [1.82, 2.24) is 0 Å². The van der Waals surface area contributed by atoms with Gasteiger partial charge in [-0.15, -0.1) is 0 Å². The number of carbonyl (C=O) groups excluding carboxylic acids is 2. The summed E-state index contributed by atoms with van der Waals surface area (Å²) < 4.78 is 5.29. The molecule has 2 heterocycles. The van der Waals surface area contributed by atoms with E-state index in [4.69, 9.17) is 4.74 Å². The number of nitrogens with zero attached hydrogens (tertiary/aromatic N) is 1. The molecular weight excluding hydrogens is 316 g/mol. The van der Waals surface area contributed by atoms with Gasteiger partial charge in [0, 0.05) is 30.9 Å². The number of ether oxygens (including phenoxy) is 1. The number of carbonyl (C=O) groups is 2. The third-order valence-electron chi connectivity index (χ3n) is 4.79. The molecule has 1 atom stereocenters. The number of hydrogen-bond donors (Lipinski definition) is 1. The van der Waals surface area contributed by atoms with Gasteiger partial charge in [0.1, 0.15) is 0 Å². The third-order valence-corrected chi connectivity index (χ3v) is 4.79. The molecule has 0 radical (unpaired) electrons. The zero-order valence-corrected chi connectivity index (χ0v) is 13.9. The number of benzene rings is 2. The molecule has 0 unspecified atom stereocenters. The lowest BCUT2D eigenvalue weighted by molar-refractivity contribution is -0.125. The summed E-state index contributed by atoms with van der Waals surface area (Å²) in [4.78, 5) is 26.8. The van der Waals surface area contributed by atoms with Gasteiger partial charge in [-0.25, -0.2) is 4.79 Å². The van der Waals surface area contributed by atoms with E-state index in [2.05, 4.69) is 10.2 Å². The van der Waals surface area contributed by atoms with E-state index in [1.807, 2.05) is 36.4 Å². The average Bonchev–Trinajstić information content (AvgIpc) is 3.17. The summed E-state index contributed by atoms with van der Waals surface area (Å²) >= 11 is 0. The van der Waals surface area contributed by atoms with E-state index >= 15 is 0 Å². The highest BCUT2D eigenvalue weighted by Crippen LogP contribution is 2.24. The number of rotatable bonds is 3. The number of anilines is 2. The molecule has 0 bridgehead atoms. The summed E-state index contributed by atoms with van der Waals surface area (Å²) in [6, 6.07) is 15.1. The number of hydrogen-bond acceptors (Lipinski definition) is 4. The predicted octanol–water partition coefficient (Wildman–Crippen LogP) is 3.01. The molecule has 0 aromatic heterocycles. The molecule has 1 amide bonds. The Morgan fingerprint density at radius 2 is 1.76 bits per heavy atom. The Kier molecular flexibility index (Phi) is 4.14. The summed E-state index contributed by atoms with van der Waals surface area (Å²) in [5, 5.41) is 2.85. The Bertz CT molecular complexity index is 795. The van der Waals surface area contributed by atoms with E-state index in [1.54, 1.807) is 12.1 Å². The number of esters is 1. The monoisotopic (exact) mass is 336 g/mol. The van der Waals surface area contributed by atoms with Crippen LogP contribution in [0.4, 0.5) is 11.4 Å². The van der Waals surface area contributed by atoms with Gasteiger partial charge in [0.15, 0.2) is 6.10 Å². The third kappa shape index (κ3) is 3.22. The van der Waals surface area contributed by atoms with Crippen molar-refractivity contribution in [3.05, 3.63) is 59.7 Å². The molecule has 5 heteroatoms. The highest BCUT2D eigenvalue weighted by molar-refractivity contribution is 6.00. The van der Waals surface area contributed by atoms with Gasteiger partial charge in [-0.05, 0) is 48.7 Å². The van der Waals surface area contributed by atoms with E-state index in [9.17, 15) is 9.59 Å². The smallest absolute Gasteiger partial charge is 0.339 e. The molecule has 1 fully saturated rings. The van der Waals surface area contributed by atoms with E-state index in [0.717, 1.165) is 18.7 Å². The topological polar surface area (TPSA) is 58.6 Å². The molecule has 5 nitrogen and oxygen atoms in total. The largest absolute Gasteiger partial charge is 0.448 e. The van der Waals surface area contributed by atoms with Crippen LogP contribution in [0.5, 0.6) is 0 Å². The fourth-order valence-electron chi connectivity index (χ4n) is 3.43. The van der Waals surface area contributed by atoms with Crippen molar-refractivity contribution in [2.45, 2.75) is 25.4 Å². The molecule has 2 aromatic rings. The number of cyclic esters (lactones) is 1. The van der Waals surface area contributed by atoms with Crippen LogP contribution in [0.2, 0.25) is 0 Å². The number of fused-ring (bicyclic) bond motifs is 1. The van der Waals surface area contributed by atoms with Crippen molar-refractivity contribution in [3.63, 3.8) is 0 Å². The molecule has 2 aliphatic heterocycles. The first kappa shape index (κ1) is 15.7. The Balaban J connectivity index is 1.43. The Morgan fingerprint density at radius 3 is 2.52 bits per heavy atom. The average molecular weight is 336 g/mol. The second-order valence-electron chi connectivity index (χ2n) is 6.49. The van der Waals surface area contributed by atoms with Gasteiger partial charge < -0.3 is 15.0 Å². The molecular formula is C20H20N2O3. The highest BCUT2D eigenvalue weighted by Gasteiger charge is 2.31. The second-order valence-corrected chi connectivity index (χ2v) is 6.49. The molecule has 0 spiro atoms. The first-order valence-electron chi connectivity index (χ1n) is 8.65. The molecule has 128 valence electrons. The Morgan fingerprint density at radius 1 is 1.04 bits per heavy atom. The van der Waals surface area contributed by atoms with Crippen molar-refractivity contribution in [1.29, 1.82) is 0 Å². The molecule has 0 aliphatic carbocycles. The van der Waals surface area contributed by atoms with Crippen LogP contribution in [0.25, 0.3) is 0 Å². The lowest BCUT2D eigenvalue weighted by atomic mass is 9.98. The minimum atomic E-state index is -0.791. The van der Waals surface area contributed by atoms with Gasteiger partial charge in [0.2, 0.25) is 0 Å². The van der Waals surface area contributed by atoms with Crippen molar-refractivity contribution < 1.29 is 14.3 Å². The summed E-state index contributed by atoms with van der Waals surface area (Å²) in [6.45, 7) is 2.17. The summed E-state index contributed by atoms with van der Waals surface area (Å²) in [5.41, 5.74) is 3.28. The van der Waals surface area contributed by atoms with Gasteiger partial charge in [0.05, 0.1) is 5.56 Å². The number of nitrogens with one attached hydrogen (secondary N) is 1. The molecule has 2 aromatic carbocycles. The van der Waals surface area contributed by atoms with Gasteiger partial charge in [-0.3, -0.25) is 4.79 Å². The van der Waals surface area contributed by atoms with Crippen LogP contribution in [0.15, 0.2) is 48.5 Å². The highest BCUT2D eigenvalue weighted by atomic mass is 16.5. The van der Waals surface area contributed by atoms with Crippen LogP contribution in [-0.2, 0) is 16.0 Å². The van der Waals surface area contributed by atoms with Crippen LogP contribution in [0.1, 0.15) is 28.8 Å². The SMILES string of the molecule is O=C1O[C@H](C(=O)Nc2ccc(N3CCCC3)cc2)Cc2ccccc21. The van der Waals surface area contributed by atoms with E-state index in [0.29, 0.717) is 17.7 Å². The van der Waals surface area contributed by atoms with Gasteiger partial charge in [0.25, 0.3) is 5.91 Å². The molecule has 1 N–H and O–H groups in total. The van der Waals surface area contributed by atoms with Crippen molar-refractivity contribution in [3.8, 4) is 0 Å². The normalized spacial score (nSPS) is 19.3. The van der Waals surface area contributed by atoms with Crippen LogP contribution < -0.4 is 10.2 Å². The van der Waals surface area contributed by atoms with Crippen LogP contribution >= 0.6 is 0 Å². The maximum atomic E-state index is 12.5.